The molecule has 1 aromatic carbocycles. The molecule has 1 N–H and O–H groups in total. The SMILES string of the molecule is CCC1CCC(N(C)c2cc(Br)ccc2CO)CC1. The highest BCUT2D eigenvalue weighted by Gasteiger charge is 2.24. The van der Waals surface area contributed by atoms with Gasteiger partial charge in [0.1, 0.15) is 0 Å². The van der Waals surface area contributed by atoms with Crippen LogP contribution in [0.1, 0.15) is 44.6 Å². The Labute approximate surface area is 124 Å². The van der Waals surface area contributed by atoms with Crippen LogP contribution in [0.15, 0.2) is 22.7 Å². The predicted molar refractivity (Wildman–Crippen MR) is 84.5 cm³/mol. The third-order valence-corrected chi connectivity index (χ3v) is 5.03. The third kappa shape index (κ3) is 3.51. The molecular formula is C16H24BrNO. The highest BCUT2D eigenvalue weighted by Crippen LogP contribution is 2.33. The number of rotatable bonds is 4. The largest absolute Gasteiger partial charge is 0.392 e. The van der Waals surface area contributed by atoms with Crippen molar-refractivity contribution >= 4 is 21.6 Å². The van der Waals surface area contributed by atoms with E-state index in [2.05, 4.69) is 40.9 Å². The summed E-state index contributed by atoms with van der Waals surface area (Å²) in [6, 6.07) is 6.74. The zero-order valence-electron chi connectivity index (χ0n) is 11.9. The number of aliphatic hydroxyl groups is 1. The number of benzene rings is 1. The maximum atomic E-state index is 9.49. The van der Waals surface area contributed by atoms with Gasteiger partial charge in [0.2, 0.25) is 0 Å². The fraction of sp³-hybridized carbons (Fsp3) is 0.625. The molecule has 0 amide bonds. The van der Waals surface area contributed by atoms with Crippen LogP contribution in [0.25, 0.3) is 0 Å². The molecule has 0 aromatic heterocycles. The number of nitrogens with zero attached hydrogens (tertiary/aromatic N) is 1. The molecule has 19 heavy (non-hydrogen) atoms. The van der Waals surface area contributed by atoms with Gasteiger partial charge in [-0.05, 0) is 43.7 Å². The van der Waals surface area contributed by atoms with Gasteiger partial charge in [0.05, 0.1) is 6.61 Å². The van der Waals surface area contributed by atoms with Crippen LogP contribution < -0.4 is 4.90 Å². The minimum atomic E-state index is 0.108. The van der Waals surface area contributed by atoms with Crippen LogP contribution in [0.4, 0.5) is 5.69 Å². The van der Waals surface area contributed by atoms with Gasteiger partial charge in [-0.15, -0.1) is 0 Å². The molecule has 1 aromatic rings. The molecule has 1 fully saturated rings. The maximum Gasteiger partial charge on any atom is 0.0702 e. The second kappa shape index (κ2) is 6.76. The van der Waals surface area contributed by atoms with Crippen molar-refractivity contribution in [2.75, 3.05) is 11.9 Å². The van der Waals surface area contributed by atoms with Gasteiger partial charge in [0.15, 0.2) is 0 Å². The lowest BCUT2D eigenvalue weighted by Crippen LogP contribution is -2.35. The lowest BCUT2D eigenvalue weighted by molar-refractivity contribution is 0.280. The van der Waals surface area contributed by atoms with E-state index in [-0.39, 0.29) is 6.61 Å². The Balaban J connectivity index is 2.11. The van der Waals surface area contributed by atoms with Crippen molar-refractivity contribution in [3.8, 4) is 0 Å². The van der Waals surface area contributed by atoms with Crippen LogP contribution in [-0.2, 0) is 6.61 Å². The quantitative estimate of drug-likeness (QED) is 0.889. The Morgan fingerprint density at radius 2 is 1.95 bits per heavy atom. The van der Waals surface area contributed by atoms with E-state index >= 15 is 0 Å². The molecule has 2 nitrogen and oxygen atoms in total. The van der Waals surface area contributed by atoms with Crippen molar-refractivity contribution in [1.29, 1.82) is 0 Å². The van der Waals surface area contributed by atoms with E-state index in [0.29, 0.717) is 6.04 Å². The summed E-state index contributed by atoms with van der Waals surface area (Å²) in [6.45, 7) is 2.41. The molecule has 0 saturated heterocycles. The Morgan fingerprint density at radius 1 is 1.26 bits per heavy atom. The molecule has 106 valence electrons. The molecule has 0 radical (unpaired) electrons. The van der Waals surface area contributed by atoms with Crippen molar-refractivity contribution in [1.82, 2.24) is 0 Å². The summed E-state index contributed by atoms with van der Waals surface area (Å²) in [4.78, 5) is 2.36. The molecular weight excluding hydrogens is 302 g/mol. The first-order valence-corrected chi connectivity index (χ1v) is 8.07. The van der Waals surface area contributed by atoms with Crippen molar-refractivity contribution in [2.24, 2.45) is 5.92 Å². The zero-order valence-corrected chi connectivity index (χ0v) is 13.5. The maximum absolute atomic E-state index is 9.49. The highest BCUT2D eigenvalue weighted by atomic mass is 79.9. The summed E-state index contributed by atoms with van der Waals surface area (Å²) in [6.07, 6.45) is 6.54. The summed E-state index contributed by atoms with van der Waals surface area (Å²) >= 11 is 3.53. The van der Waals surface area contributed by atoms with Crippen molar-refractivity contribution in [3.63, 3.8) is 0 Å². The van der Waals surface area contributed by atoms with Crippen LogP contribution in [0.5, 0.6) is 0 Å². The van der Waals surface area contributed by atoms with Gasteiger partial charge in [-0.1, -0.05) is 35.3 Å². The summed E-state index contributed by atoms with van der Waals surface area (Å²) in [7, 11) is 2.16. The second-order valence-corrected chi connectivity index (χ2v) is 6.54. The molecule has 1 aliphatic carbocycles. The molecule has 0 heterocycles. The van der Waals surface area contributed by atoms with Crippen LogP contribution in [0.2, 0.25) is 0 Å². The lowest BCUT2D eigenvalue weighted by Gasteiger charge is -2.36. The van der Waals surface area contributed by atoms with Gasteiger partial charge in [0, 0.05) is 28.8 Å². The average Bonchev–Trinajstić information content (AvgIpc) is 2.46. The molecule has 0 aliphatic heterocycles. The first kappa shape index (κ1) is 14.9. The number of halogens is 1. The summed E-state index contributed by atoms with van der Waals surface area (Å²) in [5, 5.41) is 9.49. The van der Waals surface area contributed by atoms with Crippen LogP contribution in [0.3, 0.4) is 0 Å². The Bertz CT molecular complexity index is 413. The van der Waals surface area contributed by atoms with Crippen LogP contribution in [0, 0.1) is 5.92 Å². The van der Waals surface area contributed by atoms with E-state index in [9.17, 15) is 5.11 Å². The van der Waals surface area contributed by atoms with Crippen molar-refractivity contribution < 1.29 is 5.11 Å². The van der Waals surface area contributed by atoms with Crippen LogP contribution in [-0.4, -0.2) is 18.2 Å². The Kier molecular flexibility index (Phi) is 5.28. The highest BCUT2D eigenvalue weighted by molar-refractivity contribution is 9.10. The molecule has 2 rings (SSSR count). The predicted octanol–water partition coefficient (Wildman–Crippen LogP) is 4.35. The monoisotopic (exact) mass is 325 g/mol. The van der Waals surface area contributed by atoms with Gasteiger partial charge >= 0.3 is 0 Å². The van der Waals surface area contributed by atoms with E-state index in [4.69, 9.17) is 0 Å². The molecule has 1 aliphatic rings. The molecule has 1 saturated carbocycles. The number of hydrogen-bond acceptors (Lipinski definition) is 2. The average molecular weight is 326 g/mol. The minimum absolute atomic E-state index is 0.108. The second-order valence-electron chi connectivity index (χ2n) is 5.62. The van der Waals surface area contributed by atoms with Gasteiger partial charge in [-0.25, -0.2) is 0 Å². The third-order valence-electron chi connectivity index (χ3n) is 4.54. The van der Waals surface area contributed by atoms with Crippen LogP contribution >= 0.6 is 15.9 Å². The van der Waals surface area contributed by atoms with Gasteiger partial charge in [0.25, 0.3) is 0 Å². The smallest absolute Gasteiger partial charge is 0.0702 e. The summed E-state index contributed by atoms with van der Waals surface area (Å²) in [5.74, 6) is 0.921. The van der Waals surface area contributed by atoms with E-state index in [1.807, 2.05) is 12.1 Å². The summed E-state index contributed by atoms with van der Waals surface area (Å²) in [5.41, 5.74) is 2.18. The number of aliphatic hydroxyl groups excluding tert-OH is 1. The molecule has 0 spiro atoms. The standard InChI is InChI=1S/C16H24BrNO/c1-3-12-4-8-15(9-5-12)18(2)16-10-14(17)7-6-13(16)11-19/h6-7,10,12,15,19H,3-5,8-9,11H2,1-2H3. The normalized spacial score (nSPS) is 23.4. The lowest BCUT2D eigenvalue weighted by atomic mass is 9.84. The first-order chi connectivity index (χ1) is 9.15. The fourth-order valence-corrected chi connectivity index (χ4v) is 3.49. The van der Waals surface area contributed by atoms with E-state index in [0.717, 1.165) is 21.6 Å². The molecule has 3 heteroatoms. The van der Waals surface area contributed by atoms with Gasteiger partial charge in [-0.2, -0.15) is 0 Å². The van der Waals surface area contributed by atoms with E-state index < -0.39 is 0 Å². The van der Waals surface area contributed by atoms with Crippen molar-refractivity contribution in [3.05, 3.63) is 28.2 Å². The molecule has 0 unspecified atom stereocenters. The van der Waals surface area contributed by atoms with Gasteiger partial charge in [-0.3, -0.25) is 0 Å². The fourth-order valence-electron chi connectivity index (χ4n) is 3.14. The Morgan fingerprint density at radius 3 is 2.53 bits per heavy atom. The number of hydrogen-bond donors (Lipinski definition) is 1. The topological polar surface area (TPSA) is 23.5 Å². The Hall–Kier alpha value is -0.540. The van der Waals surface area contributed by atoms with E-state index in [1.165, 1.54) is 32.1 Å². The first-order valence-electron chi connectivity index (χ1n) is 7.27. The molecule has 0 atom stereocenters. The van der Waals surface area contributed by atoms with E-state index in [1.54, 1.807) is 0 Å². The zero-order chi connectivity index (χ0) is 13.8. The van der Waals surface area contributed by atoms with Gasteiger partial charge < -0.3 is 10.0 Å². The molecule has 0 bridgehead atoms. The summed E-state index contributed by atoms with van der Waals surface area (Å²) < 4.78 is 1.08. The minimum Gasteiger partial charge on any atom is -0.392 e. The number of anilines is 1. The van der Waals surface area contributed by atoms with Crippen molar-refractivity contribution in [2.45, 2.75) is 51.7 Å².